The fourth-order valence-electron chi connectivity index (χ4n) is 1.95. The molecule has 0 aliphatic carbocycles. The predicted molar refractivity (Wildman–Crippen MR) is 62.1 cm³/mol. The molecule has 2 aromatic rings. The second kappa shape index (κ2) is 3.59. The van der Waals surface area contributed by atoms with Crippen molar-refractivity contribution in [1.29, 1.82) is 0 Å². The second-order valence-electron chi connectivity index (χ2n) is 3.80. The largest absolute Gasteiger partial charge is 0.496 e. The van der Waals surface area contributed by atoms with Crippen LogP contribution in [0, 0.1) is 6.92 Å². The molecule has 0 saturated heterocycles. The minimum Gasteiger partial charge on any atom is -0.496 e. The van der Waals surface area contributed by atoms with E-state index in [1.807, 2.05) is 13.1 Å². The van der Waals surface area contributed by atoms with Crippen LogP contribution in [-0.4, -0.2) is 11.7 Å². The van der Waals surface area contributed by atoms with Crippen LogP contribution in [0.4, 0.5) is 0 Å². The van der Waals surface area contributed by atoms with Crippen LogP contribution < -0.4 is 10.5 Å². The molecule has 15 heavy (non-hydrogen) atoms. The number of methoxy groups -OCH3 is 1. The van der Waals surface area contributed by atoms with E-state index >= 15 is 0 Å². The molecular weight excluding hydrogens is 188 g/mol. The van der Waals surface area contributed by atoms with Gasteiger partial charge in [0, 0.05) is 24.7 Å². The van der Waals surface area contributed by atoms with E-state index in [4.69, 9.17) is 10.5 Å². The van der Waals surface area contributed by atoms with Crippen molar-refractivity contribution in [3.8, 4) is 5.75 Å². The Bertz CT molecular complexity index is 500. The van der Waals surface area contributed by atoms with Gasteiger partial charge in [-0.2, -0.15) is 0 Å². The minimum absolute atomic E-state index is 0.549. The summed E-state index contributed by atoms with van der Waals surface area (Å²) in [4.78, 5) is 0. The summed E-state index contributed by atoms with van der Waals surface area (Å²) in [6.07, 6.45) is 0. The average Bonchev–Trinajstić information content (AvgIpc) is 2.55. The lowest BCUT2D eigenvalue weighted by molar-refractivity contribution is 0.419. The quantitative estimate of drug-likeness (QED) is 0.812. The highest BCUT2D eigenvalue weighted by Crippen LogP contribution is 2.29. The molecule has 0 amide bonds. The van der Waals surface area contributed by atoms with E-state index in [1.54, 1.807) is 7.11 Å². The third kappa shape index (κ3) is 1.49. The lowest BCUT2D eigenvalue weighted by Crippen LogP contribution is -2.02. The molecule has 1 heterocycles. The predicted octanol–water partition coefficient (Wildman–Crippen LogP) is 1.95. The van der Waals surface area contributed by atoms with Crippen LogP contribution in [0.15, 0.2) is 18.2 Å². The van der Waals surface area contributed by atoms with Gasteiger partial charge in [0.15, 0.2) is 0 Å². The molecule has 3 nitrogen and oxygen atoms in total. The van der Waals surface area contributed by atoms with E-state index in [0.717, 1.165) is 16.8 Å². The molecule has 0 unspecified atom stereocenters. The maximum absolute atomic E-state index is 5.68. The summed E-state index contributed by atoms with van der Waals surface area (Å²) in [5.41, 5.74) is 9.17. The van der Waals surface area contributed by atoms with E-state index in [9.17, 15) is 0 Å². The number of aryl methyl sites for hydroxylation is 2. The van der Waals surface area contributed by atoms with Crippen molar-refractivity contribution in [1.82, 2.24) is 4.57 Å². The Kier molecular flexibility index (Phi) is 2.40. The summed E-state index contributed by atoms with van der Waals surface area (Å²) in [6.45, 7) is 2.62. The molecule has 1 aromatic heterocycles. The van der Waals surface area contributed by atoms with Crippen LogP contribution in [0.2, 0.25) is 0 Å². The third-order valence-corrected chi connectivity index (χ3v) is 2.80. The van der Waals surface area contributed by atoms with E-state index in [0.29, 0.717) is 6.54 Å². The summed E-state index contributed by atoms with van der Waals surface area (Å²) in [5.74, 6) is 0.917. The van der Waals surface area contributed by atoms with Crippen LogP contribution >= 0.6 is 0 Å². The van der Waals surface area contributed by atoms with E-state index < -0.39 is 0 Å². The monoisotopic (exact) mass is 204 g/mol. The number of ether oxygens (including phenoxy) is 1. The molecule has 0 spiro atoms. The minimum atomic E-state index is 0.549. The smallest absolute Gasteiger partial charge is 0.128 e. The Hall–Kier alpha value is -1.48. The van der Waals surface area contributed by atoms with Crippen LogP contribution in [-0.2, 0) is 13.6 Å². The van der Waals surface area contributed by atoms with Crippen LogP contribution in [0.1, 0.15) is 11.3 Å². The molecule has 2 N–H and O–H groups in total. The Morgan fingerprint density at radius 2 is 2.07 bits per heavy atom. The first-order valence-electron chi connectivity index (χ1n) is 5.00. The molecule has 80 valence electrons. The lowest BCUT2D eigenvalue weighted by Gasteiger charge is -2.05. The molecule has 0 atom stereocenters. The summed E-state index contributed by atoms with van der Waals surface area (Å²) in [5, 5.41) is 1.13. The van der Waals surface area contributed by atoms with Crippen molar-refractivity contribution < 1.29 is 4.74 Å². The second-order valence-corrected chi connectivity index (χ2v) is 3.80. The maximum Gasteiger partial charge on any atom is 0.128 e. The average molecular weight is 204 g/mol. The highest BCUT2D eigenvalue weighted by molar-refractivity contribution is 5.88. The summed E-state index contributed by atoms with van der Waals surface area (Å²) in [7, 11) is 3.73. The van der Waals surface area contributed by atoms with Crippen LogP contribution in [0.3, 0.4) is 0 Å². The number of aromatic nitrogens is 1. The molecule has 0 aliphatic rings. The Morgan fingerprint density at radius 1 is 1.33 bits per heavy atom. The van der Waals surface area contributed by atoms with Crippen LogP contribution in [0.25, 0.3) is 10.9 Å². The maximum atomic E-state index is 5.68. The lowest BCUT2D eigenvalue weighted by atomic mass is 10.1. The van der Waals surface area contributed by atoms with Gasteiger partial charge in [0.2, 0.25) is 0 Å². The molecular formula is C12H16N2O. The molecule has 2 rings (SSSR count). The molecule has 1 aromatic carbocycles. The molecule has 3 heteroatoms. The standard InChI is InChI=1S/C12H16N2O/c1-8-4-11-10(12(5-8)15-3)6-9(7-13)14(11)2/h4-6H,7,13H2,1-3H3. The van der Waals surface area contributed by atoms with Gasteiger partial charge in [-0.05, 0) is 30.7 Å². The van der Waals surface area contributed by atoms with E-state index in [1.165, 1.54) is 11.1 Å². The first-order chi connectivity index (χ1) is 7.17. The van der Waals surface area contributed by atoms with Crippen LogP contribution in [0.5, 0.6) is 5.75 Å². The van der Waals surface area contributed by atoms with Crippen molar-refractivity contribution >= 4 is 10.9 Å². The number of nitrogens with zero attached hydrogens (tertiary/aromatic N) is 1. The van der Waals surface area contributed by atoms with Crippen molar-refractivity contribution in [2.75, 3.05) is 7.11 Å². The molecule has 0 fully saturated rings. The van der Waals surface area contributed by atoms with Crippen molar-refractivity contribution in [2.45, 2.75) is 13.5 Å². The fourth-order valence-corrected chi connectivity index (χ4v) is 1.95. The highest BCUT2D eigenvalue weighted by Gasteiger charge is 2.09. The fraction of sp³-hybridized carbons (Fsp3) is 0.333. The van der Waals surface area contributed by atoms with E-state index in [2.05, 4.69) is 23.6 Å². The number of nitrogens with two attached hydrogens (primary N) is 1. The molecule has 0 saturated carbocycles. The number of fused-ring (bicyclic) bond motifs is 1. The van der Waals surface area contributed by atoms with Gasteiger partial charge in [-0.1, -0.05) is 0 Å². The summed E-state index contributed by atoms with van der Waals surface area (Å²) >= 11 is 0. The van der Waals surface area contributed by atoms with E-state index in [-0.39, 0.29) is 0 Å². The Labute approximate surface area is 89.4 Å². The van der Waals surface area contributed by atoms with Gasteiger partial charge in [-0.25, -0.2) is 0 Å². The zero-order chi connectivity index (χ0) is 11.0. The SMILES string of the molecule is COc1cc(C)cc2c1cc(CN)n2C. The van der Waals surface area contributed by atoms with Gasteiger partial charge in [0.25, 0.3) is 0 Å². The van der Waals surface area contributed by atoms with Crippen molar-refractivity contribution in [3.05, 3.63) is 29.5 Å². The number of rotatable bonds is 2. The van der Waals surface area contributed by atoms with Gasteiger partial charge < -0.3 is 15.0 Å². The molecule has 0 aliphatic heterocycles. The Morgan fingerprint density at radius 3 is 2.67 bits per heavy atom. The van der Waals surface area contributed by atoms with Gasteiger partial charge in [0.1, 0.15) is 5.75 Å². The number of hydrogen-bond donors (Lipinski definition) is 1. The highest BCUT2D eigenvalue weighted by atomic mass is 16.5. The Balaban J connectivity index is 2.81. The first-order valence-corrected chi connectivity index (χ1v) is 5.00. The molecule has 0 radical (unpaired) electrons. The summed E-state index contributed by atoms with van der Waals surface area (Å²) in [6, 6.07) is 6.28. The zero-order valence-corrected chi connectivity index (χ0v) is 9.37. The van der Waals surface area contributed by atoms with Crippen molar-refractivity contribution in [3.63, 3.8) is 0 Å². The first kappa shape index (κ1) is 10.1. The normalized spacial score (nSPS) is 10.9. The third-order valence-electron chi connectivity index (χ3n) is 2.80. The van der Waals surface area contributed by atoms with Gasteiger partial charge >= 0.3 is 0 Å². The molecule has 0 bridgehead atoms. The van der Waals surface area contributed by atoms with Gasteiger partial charge in [-0.15, -0.1) is 0 Å². The zero-order valence-electron chi connectivity index (χ0n) is 9.37. The van der Waals surface area contributed by atoms with Gasteiger partial charge in [0.05, 0.1) is 12.6 Å². The van der Waals surface area contributed by atoms with Gasteiger partial charge in [-0.3, -0.25) is 0 Å². The summed E-state index contributed by atoms with van der Waals surface area (Å²) < 4.78 is 7.48. The number of hydrogen-bond acceptors (Lipinski definition) is 2. The topological polar surface area (TPSA) is 40.2 Å². The number of benzene rings is 1. The van der Waals surface area contributed by atoms with Crippen molar-refractivity contribution in [2.24, 2.45) is 12.8 Å².